The van der Waals surface area contributed by atoms with Crippen molar-refractivity contribution < 1.29 is 12.9 Å². The van der Waals surface area contributed by atoms with Crippen molar-refractivity contribution in [3.05, 3.63) is 65.4 Å². The minimum Gasteiger partial charge on any atom is -0.337 e. The van der Waals surface area contributed by atoms with E-state index >= 15 is 0 Å². The lowest BCUT2D eigenvalue weighted by Gasteiger charge is -2.13. The Labute approximate surface area is 152 Å². The summed E-state index contributed by atoms with van der Waals surface area (Å²) >= 11 is 0. The van der Waals surface area contributed by atoms with Crippen molar-refractivity contribution in [1.82, 2.24) is 5.16 Å². The molecule has 3 aromatic rings. The summed E-state index contributed by atoms with van der Waals surface area (Å²) < 4.78 is 33.5. The summed E-state index contributed by atoms with van der Waals surface area (Å²) in [5.74, 6) is 0.0996. The number of aryl methyl sites for hydroxylation is 1. The smallest absolute Gasteiger partial charge is 0.264 e. The molecule has 0 aliphatic rings. The summed E-state index contributed by atoms with van der Waals surface area (Å²) in [6.45, 7) is 3.47. The molecule has 0 aliphatic carbocycles. The molecule has 0 radical (unpaired) electrons. The predicted octanol–water partition coefficient (Wildman–Crippen LogP) is 3.83. The maximum atomic E-state index is 13.0. The molecule has 0 atom stereocenters. The zero-order valence-corrected chi connectivity index (χ0v) is 15.2. The molecule has 2 aromatic carbocycles. The molecule has 0 amide bonds. The van der Waals surface area contributed by atoms with Gasteiger partial charge in [0.1, 0.15) is 0 Å². The quantitative estimate of drug-likeness (QED) is 0.739. The topological polar surface area (TPSA) is 96.0 Å². The Balaban J connectivity index is 2.10. The summed E-state index contributed by atoms with van der Waals surface area (Å²) in [6.07, 6.45) is 0.193. The molecule has 0 saturated heterocycles. The van der Waals surface area contributed by atoms with Gasteiger partial charge in [0.05, 0.1) is 23.1 Å². The van der Waals surface area contributed by atoms with Crippen LogP contribution in [0.15, 0.2) is 57.9 Å². The SMILES string of the molecule is Cc1noc(NS(=O)(=O)c2ccccc2-c2ccccc2CC#N)c1C. The maximum Gasteiger partial charge on any atom is 0.264 e. The molecule has 132 valence electrons. The second-order valence-electron chi connectivity index (χ2n) is 5.82. The van der Waals surface area contributed by atoms with Crippen LogP contribution in [0.1, 0.15) is 16.8 Å². The Morgan fingerprint density at radius 1 is 1.08 bits per heavy atom. The van der Waals surface area contributed by atoms with Crippen LogP contribution in [0.3, 0.4) is 0 Å². The summed E-state index contributed by atoms with van der Waals surface area (Å²) in [4.78, 5) is 0.110. The van der Waals surface area contributed by atoms with Gasteiger partial charge in [-0.15, -0.1) is 0 Å². The fourth-order valence-electron chi connectivity index (χ4n) is 2.63. The number of nitrogens with one attached hydrogen (secondary N) is 1. The Hall–Kier alpha value is -3.11. The molecule has 0 spiro atoms. The van der Waals surface area contributed by atoms with Crippen LogP contribution < -0.4 is 4.72 Å². The maximum absolute atomic E-state index is 13.0. The van der Waals surface area contributed by atoms with E-state index in [1.807, 2.05) is 24.3 Å². The summed E-state index contributed by atoms with van der Waals surface area (Å²) in [5.41, 5.74) is 3.26. The molecule has 0 fully saturated rings. The van der Waals surface area contributed by atoms with E-state index in [1.165, 1.54) is 6.07 Å². The van der Waals surface area contributed by atoms with Crippen LogP contribution in [-0.4, -0.2) is 13.6 Å². The van der Waals surface area contributed by atoms with Crippen molar-refractivity contribution in [3.63, 3.8) is 0 Å². The summed E-state index contributed by atoms with van der Waals surface area (Å²) in [5, 5.41) is 12.8. The normalized spacial score (nSPS) is 11.1. The highest BCUT2D eigenvalue weighted by Gasteiger charge is 2.23. The van der Waals surface area contributed by atoms with Crippen LogP contribution in [0.4, 0.5) is 5.88 Å². The predicted molar refractivity (Wildman–Crippen MR) is 98.0 cm³/mol. The van der Waals surface area contributed by atoms with E-state index in [0.717, 1.165) is 5.56 Å². The van der Waals surface area contributed by atoms with Crippen molar-refractivity contribution in [2.45, 2.75) is 25.2 Å². The molecule has 1 heterocycles. The summed E-state index contributed by atoms with van der Waals surface area (Å²) in [7, 11) is -3.90. The van der Waals surface area contributed by atoms with Gasteiger partial charge in [-0.1, -0.05) is 47.6 Å². The van der Waals surface area contributed by atoms with Crippen molar-refractivity contribution in [2.75, 3.05) is 4.72 Å². The Morgan fingerprint density at radius 3 is 2.38 bits per heavy atom. The zero-order chi connectivity index (χ0) is 18.7. The van der Waals surface area contributed by atoms with Crippen molar-refractivity contribution in [3.8, 4) is 17.2 Å². The van der Waals surface area contributed by atoms with Gasteiger partial charge in [0, 0.05) is 11.1 Å². The Morgan fingerprint density at radius 2 is 1.73 bits per heavy atom. The van der Waals surface area contributed by atoms with Gasteiger partial charge in [-0.05, 0) is 31.0 Å². The molecule has 0 bridgehead atoms. The lowest BCUT2D eigenvalue weighted by molar-refractivity contribution is 0.430. The number of hydrogen-bond acceptors (Lipinski definition) is 5. The number of rotatable bonds is 5. The van der Waals surface area contributed by atoms with Crippen molar-refractivity contribution in [1.29, 1.82) is 5.26 Å². The number of aromatic nitrogens is 1. The van der Waals surface area contributed by atoms with Gasteiger partial charge in [-0.2, -0.15) is 5.26 Å². The van der Waals surface area contributed by atoms with Gasteiger partial charge >= 0.3 is 0 Å². The number of nitrogens with zero attached hydrogens (tertiary/aromatic N) is 2. The number of hydrogen-bond donors (Lipinski definition) is 1. The molecular weight excluding hydrogens is 350 g/mol. The first-order valence-electron chi connectivity index (χ1n) is 7.94. The first-order chi connectivity index (χ1) is 12.4. The molecule has 0 aliphatic heterocycles. The lowest BCUT2D eigenvalue weighted by Crippen LogP contribution is -2.14. The Kier molecular flexibility index (Phi) is 4.78. The third kappa shape index (κ3) is 3.32. The van der Waals surface area contributed by atoms with Crippen LogP contribution in [0.2, 0.25) is 0 Å². The van der Waals surface area contributed by atoms with Gasteiger partial charge in [0.15, 0.2) is 0 Å². The third-order valence-corrected chi connectivity index (χ3v) is 5.53. The van der Waals surface area contributed by atoms with Gasteiger partial charge in [-0.25, -0.2) is 13.1 Å². The van der Waals surface area contributed by atoms with Crippen molar-refractivity contribution >= 4 is 15.9 Å². The molecule has 6 nitrogen and oxygen atoms in total. The minimum absolute atomic E-state index is 0.0996. The lowest BCUT2D eigenvalue weighted by atomic mass is 9.98. The standard InChI is InChI=1S/C19H17N3O3S/c1-13-14(2)21-25-19(13)22-26(23,24)18-10-6-5-9-17(18)16-8-4-3-7-15(16)11-12-20/h3-10,22H,11H2,1-2H3. The molecule has 3 rings (SSSR count). The van der Waals surface area contributed by atoms with Crippen LogP contribution in [0, 0.1) is 25.2 Å². The summed E-state index contributed by atoms with van der Waals surface area (Å²) in [6, 6.07) is 16.1. The van der Waals surface area contributed by atoms with Gasteiger partial charge in [-0.3, -0.25) is 0 Å². The third-order valence-electron chi connectivity index (χ3n) is 4.14. The van der Waals surface area contributed by atoms with E-state index < -0.39 is 10.0 Å². The van der Waals surface area contributed by atoms with Crippen LogP contribution in [-0.2, 0) is 16.4 Å². The molecule has 1 N–H and O–H groups in total. The number of anilines is 1. The van der Waals surface area contributed by atoms with E-state index in [4.69, 9.17) is 9.78 Å². The van der Waals surface area contributed by atoms with Crippen molar-refractivity contribution in [2.24, 2.45) is 0 Å². The minimum atomic E-state index is -3.90. The van der Waals surface area contributed by atoms with E-state index in [1.54, 1.807) is 32.0 Å². The highest BCUT2D eigenvalue weighted by Crippen LogP contribution is 2.32. The molecule has 1 aromatic heterocycles. The molecule has 0 saturated carbocycles. The fraction of sp³-hybridized carbons (Fsp3) is 0.158. The van der Waals surface area contributed by atoms with Gasteiger partial charge < -0.3 is 4.52 Å². The van der Waals surface area contributed by atoms with E-state index in [2.05, 4.69) is 15.9 Å². The second kappa shape index (κ2) is 7.02. The average molecular weight is 367 g/mol. The zero-order valence-electron chi connectivity index (χ0n) is 14.4. The van der Waals surface area contributed by atoms with Gasteiger partial charge in [0.2, 0.25) is 5.88 Å². The number of benzene rings is 2. The first kappa shape index (κ1) is 17.7. The highest BCUT2D eigenvalue weighted by molar-refractivity contribution is 7.92. The van der Waals surface area contributed by atoms with Crippen LogP contribution >= 0.6 is 0 Å². The monoisotopic (exact) mass is 367 g/mol. The van der Waals surface area contributed by atoms with Gasteiger partial charge in [0.25, 0.3) is 10.0 Å². The fourth-order valence-corrected chi connectivity index (χ4v) is 3.90. The highest BCUT2D eigenvalue weighted by atomic mass is 32.2. The van der Waals surface area contributed by atoms with E-state index in [-0.39, 0.29) is 17.2 Å². The average Bonchev–Trinajstić information content (AvgIpc) is 2.94. The van der Waals surface area contributed by atoms with Crippen LogP contribution in [0.5, 0.6) is 0 Å². The van der Waals surface area contributed by atoms with Crippen LogP contribution in [0.25, 0.3) is 11.1 Å². The first-order valence-corrected chi connectivity index (χ1v) is 9.42. The number of nitriles is 1. The van der Waals surface area contributed by atoms with E-state index in [0.29, 0.717) is 22.4 Å². The molecular formula is C19H17N3O3S. The van der Waals surface area contributed by atoms with E-state index in [9.17, 15) is 8.42 Å². The number of sulfonamides is 1. The Bertz CT molecular complexity index is 1100. The second-order valence-corrected chi connectivity index (χ2v) is 7.47. The molecule has 7 heteroatoms. The molecule has 0 unspecified atom stereocenters. The largest absolute Gasteiger partial charge is 0.337 e. The molecule has 26 heavy (non-hydrogen) atoms.